The van der Waals surface area contributed by atoms with E-state index in [4.69, 9.17) is 4.42 Å². The molecule has 2 aromatic rings. The zero-order valence-electron chi connectivity index (χ0n) is 17.1. The maximum absolute atomic E-state index is 12.4. The van der Waals surface area contributed by atoms with Crippen molar-refractivity contribution in [3.8, 4) is 11.3 Å². The maximum atomic E-state index is 12.4. The van der Waals surface area contributed by atoms with Crippen LogP contribution in [0, 0.1) is 5.92 Å². The van der Waals surface area contributed by atoms with Crippen LogP contribution < -0.4 is 5.32 Å². The molecule has 1 aromatic heterocycles. The number of unbranched alkanes of at least 4 members (excludes halogenated alkanes) is 1. The van der Waals surface area contributed by atoms with Gasteiger partial charge in [-0.05, 0) is 30.5 Å². The molecule has 0 fully saturated rings. The number of hydrogen-bond acceptors (Lipinski definition) is 3. The largest absolute Gasteiger partial charge is 0.461 e. The van der Waals surface area contributed by atoms with Crippen molar-refractivity contribution in [2.45, 2.75) is 59.4 Å². The fourth-order valence-corrected chi connectivity index (χ4v) is 3.48. The van der Waals surface area contributed by atoms with Gasteiger partial charge in [-0.1, -0.05) is 39.3 Å². The first kappa shape index (κ1) is 20.2. The molecule has 5 heteroatoms. The van der Waals surface area contributed by atoms with Gasteiger partial charge < -0.3 is 14.6 Å². The lowest BCUT2D eigenvalue weighted by molar-refractivity contribution is -0.133. The van der Waals surface area contributed by atoms with Gasteiger partial charge in [0.1, 0.15) is 11.5 Å². The van der Waals surface area contributed by atoms with Gasteiger partial charge in [0.25, 0.3) is 0 Å². The third-order valence-corrected chi connectivity index (χ3v) is 4.99. The molecule has 0 unspecified atom stereocenters. The Bertz CT molecular complexity index is 838. The van der Waals surface area contributed by atoms with Crippen LogP contribution in [0.2, 0.25) is 0 Å². The number of anilines is 1. The Morgan fingerprint density at radius 1 is 1.25 bits per heavy atom. The average molecular weight is 383 g/mol. The maximum Gasteiger partial charge on any atom is 0.224 e. The third-order valence-electron chi connectivity index (χ3n) is 4.99. The Labute approximate surface area is 167 Å². The van der Waals surface area contributed by atoms with Gasteiger partial charge in [-0.25, -0.2) is 0 Å². The van der Waals surface area contributed by atoms with E-state index in [0.29, 0.717) is 31.8 Å². The van der Waals surface area contributed by atoms with Crippen molar-refractivity contribution in [1.29, 1.82) is 0 Å². The summed E-state index contributed by atoms with van der Waals surface area (Å²) in [4.78, 5) is 26.3. The van der Waals surface area contributed by atoms with E-state index >= 15 is 0 Å². The molecule has 1 N–H and O–H groups in total. The monoisotopic (exact) mass is 382 g/mol. The van der Waals surface area contributed by atoms with E-state index in [1.54, 1.807) is 0 Å². The first-order valence-electron chi connectivity index (χ1n) is 10.3. The fraction of sp³-hybridized carbons (Fsp3) is 0.478. The molecule has 28 heavy (non-hydrogen) atoms. The lowest BCUT2D eigenvalue weighted by Gasteiger charge is -2.26. The summed E-state index contributed by atoms with van der Waals surface area (Å²) < 4.78 is 6.08. The quantitative estimate of drug-likeness (QED) is 0.732. The van der Waals surface area contributed by atoms with Gasteiger partial charge in [0, 0.05) is 49.2 Å². The predicted molar refractivity (Wildman–Crippen MR) is 111 cm³/mol. The lowest BCUT2D eigenvalue weighted by atomic mass is 10.0. The molecule has 0 aliphatic carbocycles. The molecule has 0 saturated carbocycles. The molecule has 1 aliphatic rings. The van der Waals surface area contributed by atoms with Crippen molar-refractivity contribution in [3.05, 3.63) is 41.7 Å². The van der Waals surface area contributed by atoms with Gasteiger partial charge in [-0.15, -0.1) is 0 Å². The number of hydrogen-bond donors (Lipinski definition) is 1. The van der Waals surface area contributed by atoms with Crippen LogP contribution in [-0.4, -0.2) is 23.3 Å². The second-order valence-corrected chi connectivity index (χ2v) is 7.95. The number of carbonyl (C=O) groups excluding carboxylic acids is 2. The highest BCUT2D eigenvalue weighted by Crippen LogP contribution is 2.31. The molecule has 1 aromatic carbocycles. The van der Waals surface area contributed by atoms with Gasteiger partial charge in [0.05, 0.1) is 0 Å². The SMILES string of the molecule is CCCCC(=O)Nc1cccc(-c2cc3c(o2)CCN(C(=O)CC(C)C)C3)c1. The number of rotatable bonds is 7. The first-order chi connectivity index (χ1) is 13.5. The van der Waals surface area contributed by atoms with E-state index in [1.165, 1.54) is 0 Å². The summed E-state index contributed by atoms with van der Waals surface area (Å²) in [5.41, 5.74) is 2.79. The van der Waals surface area contributed by atoms with Crippen LogP contribution in [0.4, 0.5) is 5.69 Å². The van der Waals surface area contributed by atoms with Gasteiger partial charge >= 0.3 is 0 Å². The number of benzene rings is 1. The minimum atomic E-state index is 0.0389. The van der Waals surface area contributed by atoms with E-state index in [9.17, 15) is 9.59 Å². The Hall–Kier alpha value is -2.56. The number of furan rings is 1. The number of nitrogens with zero attached hydrogens (tertiary/aromatic N) is 1. The van der Waals surface area contributed by atoms with Gasteiger partial charge in [0.2, 0.25) is 11.8 Å². The Balaban J connectivity index is 1.71. The summed E-state index contributed by atoms with van der Waals surface area (Å²) in [6.45, 7) is 7.52. The Kier molecular flexibility index (Phi) is 6.55. The molecule has 1 aliphatic heterocycles. The molecule has 0 bridgehead atoms. The van der Waals surface area contributed by atoms with Gasteiger partial charge in [0.15, 0.2) is 0 Å². The predicted octanol–water partition coefficient (Wildman–Crippen LogP) is 5.01. The molecule has 2 amide bonds. The standard InChI is InChI=1S/C23H30N2O3/c1-4-5-9-22(26)24-19-8-6-7-17(13-19)21-14-18-15-25(11-10-20(18)28-21)23(27)12-16(2)3/h6-8,13-14,16H,4-5,9-12,15H2,1-3H3,(H,24,26). The summed E-state index contributed by atoms with van der Waals surface area (Å²) in [6, 6.07) is 9.76. The highest BCUT2D eigenvalue weighted by atomic mass is 16.3. The zero-order chi connectivity index (χ0) is 20.1. The fourth-order valence-electron chi connectivity index (χ4n) is 3.48. The molecule has 0 saturated heterocycles. The molecule has 5 nitrogen and oxygen atoms in total. The molecular weight excluding hydrogens is 352 g/mol. The number of amides is 2. The number of carbonyl (C=O) groups is 2. The topological polar surface area (TPSA) is 62.6 Å². The molecule has 3 rings (SSSR count). The van der Waals surface area contributed by atoms with Crippen molar-refractivity contribution >= 4 is 17.5 Å². The Morgan fingerprint density at radius 3 is 2.82 bits per heavy atom. The van der Waals surface area contributed by atoms with Crippen LogP contribution in [0.15, 0.2) is 34.7 Å². The van der Waals surface area contributed by atoms with Crippen molar-refractivity contribution in [3.63, 3.8) is 0 Å². The first-order valence-corrected chi connectivity index (χ1v) is 10.3. The van der Waals surface area contributed by atoms with E-state index in [-0.39, 0.29) is 11.8 Å². The minimum absolute atomic E-state index is 0.0389. The van der Waals surface area contributed by atoms with Crippen molar-refractivity contribution in [1.82, 2.24) is 4.90 Å². The van der Waals surface area contributed by atoms with Crippen LogP contribution >= 0.6 is 0 Å². The second-order valence-electron chi connectivity index (χ2n) is 7.95. The highest BCUT2D eigenvalue weighted by Gasteiger charge is 2.24. The Morgan fingerprint density at radius 2 is 2.07 bits per heavy atom. The van der Waals surface area contributed by atoms with E-state index in [0.717, 1.165) is 47.6 Å². The normalized spacial score (nSPS) is 13.5. The van der Waals surface area contributed by atoms with E-state index < -0.39 is 0 Å². The van der Waals surface area contributed by atoms with Crippen LogP contribution in [0.1, 0.15) is 57.8 Å². The van der Waals surface area contributed by atoms with Crippen LogP contribution in [0.3, 0.4) is 0 Å². The minimum Gasteiger partial charge on any atom is -0.461 e. The van der Waals surface area contributed by atoms with Crippen LogP contribution in [-0.2, 0) is 22.6 Å². The molecule has 0 spiro atoms. The molecule has 150 valence electrons. The van der Waals surface area contributed by atoms with E-state index in [1.807, 2.05) is 35.2 Å². The smallest absolute Gasteiger partial charge is 0.224 e. The molecule has 2 heterocycles. The van der Waals surface area contributed by atoms with Crippen molar-refractivity contribution in [2.24, 2.45) is 5.92 Å². The van der Waals surface area contributed by atoms with Gasteiger partial charge in [-0.3, -0.25) is 9.59 Å². The average Bonchev–Trinajstić information content (AvgIpc) is 3.09. The lowest BCUT2D eigenvalue weighted by Crippen LogP contribution is -2.35. The second kappa shape index (κ2) is 9.09. The van der Waals surface area contributed by atoms with Crippen molar-refractivity contribution in [2.75, 3.05) is 11.9 Å². The summed E-state index contributed by atoms with van der Waals surface area (Å²) >= 11 is 0. The van der Waals surface area contributed by atoms with Crippen LogP contribution in [0.25, 0.3) is 11.3 Å². The molecule has 0 atom stereocenters. The molecular formula is C23H30N2O3. The van der Waals surface area contributed by atoms with Gasteiger partial charge in [-0.2, -0.15) is 0 Å². The van der Waals surface area contributed by atoms with Crippen molar-refractivity contribution < 1.29 is 14.0 Å². The van der Waals surface area contributed by atoms with E-state index in [2.05, 4.69) is 26.1 Å². The molecule has 0 radical (unpaired) electrons. The summed E-state index contributed by atoms with van der Waals surface area (Å²) in [6.07, 6.45) is 3.76. The summed E-state index contributed by atoms with van der Waals surface area (Å²) in [5.74, 6) is 2.36. The number of nitrogens with one attached hydrogen (secondary N) is 1. The zero-order valence-corrected chi connectivity index (χ0v) is 17.1. The third kappa shape index (κ3) is 5.03. The van der Waals surface area contributed by atoms with Crippen LogP contribution in [0.5, 0.6) is 0 Å². The number of fused-ring (bicyclic) bond motifs is 1. The summed E-state index contributed by atoms with van der Waals surface area (Å²) in [7, 11) is 0. The highest BCUT2D eigenvalue weighted by molar-refractivity contribution is 5.91. The summed E-state index contributed by atoms with van der Waals surface area (Å²) in [5, 5.41) is 2.96.